The number of hydrogen-bond acceptors (Lipinski definition) is 4. The molecule has 0 aliphatic rings. The zero-order valence-electron chi connectivity index (χ0n) is 12.6. The van der Waals surface area contributed by atoms with Crippen molar-refractivity contribution in [3.8, 4) is 0 Å². The van der Waals surface area contributed by atoms with Gasteiger partial charge in [0.25, 0.3) is 5.91 Å². The molecular formula is C14H21N5O3. The molecule has 0 saturated heterocycles. The first kappa shape index (κ1) is 17.4. The third-order valence-electron chi connectivity index (χ3n) is 2.92. The zero-order valence-corrected chi connectivity index (χ0v) is 12.6. The van der Waals surface area contributed by atoms with E-state index in [-0.39, 0.29) is 6.42 Å². The second kappa shape index (κ2) is 7.99. The summed E-state index contributed by atoms with van der Waals surface area (Å²) < 4.78 is 0. The summed E-state index contributed by atoms with van der Waals surface area (Å²) >= 11 is 0. The van der Waals surface area contributed by atoms with Crippen molar-refractivity contribution in [2.75, 3.05) is 7.05 Å². The lowest BCUT2D eigenvalue weighted by molar-refractivity contribution is -0.125. The standard InChI is InChI=1S/C14H21N5O3/c1-9(15)13(21)18-19(2)14(22)17-11(12(16)20)8-10-6-4-3-5-7-10/h3-7,9,11H,8,15H2,1-2H3,(H2,16,20)(H,17,22)(H,18,21)/t9-,11-/m0/s1. The molecule has 8 nitrogen and oxygen atoms in total. The van der Waals surface area contributed by atoms with E-state index in [9.17, 15) is 14.4 Å². The van der Waals surface area contributed by atoms with Gasteiger partial charge in [-0.15, -0.1) is 0 Å². The quantitative estimate of drug-likeness (QED) is 0.525. The van der Waals surface area contributed by atoms with Crippen molar-refractivity contribution in [3.63, 3.8) is 0 Å². The van der Waals surface area contributed by atoms with E-state index in [0.717, 1.165) is 10.6 Å². The van der Waals surface area contributed by atoms with Crippen molar-refractivity contribution in [1.29, 1.82) is 0 Å². The van der Waals surface area contributed by atoms with Crippen LogP contribution in [0.1, 0.15) is 12.5 Å². The van der Waals surface area contributed by atoms with Crippen LogP contribution < -0.4 is 22.2 Å². The molecule has 0 spiro atoms. The number of hydrazine groups is 1. The van der Waals surface area contributed by atoms with Crippen molar-refractivity contribution in [3.05, 3.63) is 35.9 Å². The van der Waals surface area contributed by atoms with Crippen LogP contribution in [0.25, 0.3) is 0 Å². The summed E-state index contributed by atoms with van der Waals surface area (Å²) in [5, 5.41) is 3.39. The molecule has 0 aliphatic heterocycles. The van der Waals surface area contributed by atoms with Gasteiger partial charge >= 0.3 is 6.03 Å². The van der Waals surface area contributed by atoms with E-state index in [4.69, 9.17) is 11.5 Å². The van der Waals surface area contributed by atoms with Gasteiger partial charge in [0, 0.05) is 13.5 Å². The first-order valence-corrected chi connectivity index (χ1v) is 6.74. The van der Waals surface area contributed by atoms with Crippen molar-refractivity contribution in [1.82, 2.24) is 15.8 Å². The highest BCUT2D eigenvalue weighted by Crippen LogP contribution is 2.03. The Bertz CT molecular complexity index is 533. The molecule has 0 unspecified atom stereocenters. The Kier molecular flexibility index (Phi) is 6.33. The summed E-state index contributed by atoms with van der Waals surface area (Å²) in [5.74, 6) is -1.18. The largest absolute Gasteiger partial charge is 0.368 e. The first-order chi connectivity index (χ1) is 10.3. The number of carbonyl (C=O) groups is 3. The van der Waals surface area contributed by atoms with Crippen molar-refractivity contribution >= 4 is 17.8 Å². The molecule has 1 aromatic rings. The van der Waals surface area contributed by atoms with Gasteiger partial charge < -0.3 is 16.8 Å². The maximum absolute atomic E-state index is 12.0. The van der Waals surface area contributed by atoms with Crippen LogP contribution in [0.4, 0.5) is 4.79 Å². The maximum Gasteiger partial charge on any atom is 0.336 e. The first-order valence-electron chi connectivity index (χ1n) is 6.74. The highest BCUT2D eigenvalue weighted by atomic mass is 16.2. The van der Waals surface area contributed by atoms with E-state index < -0.39 is 29.9 Å². The Hall–Kier alpha value is -2.61. The Morgan fingerprint density at radius 3 is 2.32 bits per heavy atom. The number of hydrogen-bond donors (Lipinski definition) is 4. The minimum Gasteiger partial charge on any atom is -0.368 e. The van der Waals surface area contributed by atoms with E-state index in [0.29, 0.717) is 0 Å². The third-order valence-corrected chi connectivity index (χ3v) is 2.92. The number of urea groups is 1. The lowest BCUT2D eigenvalue weighted by Crippen LogP contribution is -2.56. The number of amides is 4. The van der Waals surface area contributed by atoms with E-state index >= 15 is 0 Å². The van der Waals surface area contributed by atoms with Crippen LogP contribution in [0.3, 0.4) is 0 Å². The molecule has 22 heavy (non-hydrogen) atoms. The third kappa shape index (κ3) is 5.41. The monoisotopic (exact) mass is 307 g/mol. The number of primary amides is 1. The summed E-state index contributed by atoms with van der Waals surface area (Å²) in [5.41, 5.74) is 13.8. The smallest absolute Gasteiger partial charge is 0.336 e. The molecule has 0 bridgehead atoms. The molecule has 2 atom stereocenters. The summed E-state index contributed by atoms with van der Waals surface area (Å²) in [6.45, 7) is 1.49. The highest BCUT2D eigenvalue weighted by molar-refractivity contribution is 5.88. The minimum absolute atomic E-state index is 0.261. The van der Waals surface area contributed by atoms with E-state index in [1.54, 1.807) is 0 Å². The average molecular weight is 307 g/mol. The van der Waals surface area contributed by atoms with Crippen LogP contribution in [0, 0.1) is 0 Å². The molecule has 6 N–H and O–H groups in total. The van der Waals surface area contributed by atoms with Gasteiger partial charge in [-0.3, -0.25) is 15.0 Å². The second-order valence-corrected chi connectivity index (χ2v) is 4.92. The second-order valence-electron chi connectivity index (χ2n) is 4.92. The number of benzene rings is 1. The van der Waals surface area contributed by atoms with Gasteiger partial charge in [-0.1, -0.05) is 30.3 Å². The van der Waals surface area contributed by atoms with E-state index in [2.05, 4.69) is 10.7 Å². The average Bonchev–Trinajstić information content (AvgIpc) is 2.47. The van der Waals surface area contributed by atoms with Gasteiger partial charge in [0.2, 0.25) is 5.91 Å². The van der Waals surface area contributed by atoms with Crippen LogP contribution in [-0.4, -0.2) is 42.0 Å². The van der Waals surface area contributed by atoms with Gasteiger partial charge in [0.1, 0.15) is 6.04 Å². The van der Waals surface area contributed by atoms with Gasteiger partial charge in [-0.2, -0.15) is 0 Å². The van der Waals surface area contributed by atoms with Crippen LogP contribution in [-0.2, 0) is 16.0 Å². The lowest BCUT2D eigenvalue weighted by Gasteiger charge is -2.23. The number of nitrogens with zero attached hydrogens (tertiary/aromatic N) is 1. The number of nitrogens with two attached hydrogens (primary N) is 2. The molecular weight excluding hydrogens is 286 g/mol. The summed E-state index contributed by atoms with van der Waals surface area (Å²) in [7, 11) is 1.34. The molecule has 0 aliphatic carbocycles. The normalized spacial score (nSPS) is 12.9. The summed E-state index contributed by atoms with van der Waals surface area (Å²) in [4.78, 5) is 34.9. The molecule has 1 aromatic carbocycles. The Morgan fingerprint density at radius 1 is 1.23 bits per heavy atom. The fraction of sp³-hybridized carbons (Fsp3) is 0.357. The summed E-state index contributed by atoms with van der Waals surface area (Å²) in [6, 6.07) is 6.84. The molecule has 4 amide bonds. The predicted octanol–water partition coefficient (Wildman–Crippen LogP) is -0.897. The zero-order chi connectivity index (χ0) is 16.7. The van der Waals surface area contributed by atoms with Gasteiger partial charge in [-0.25, -0.2) is 9.80 Å². The number of nitrogens with one attached hydrogen (secondary N) is 2. The van der Waals surface area contributed by atoms with E-state index in [1.165, 1.54) is 14.0 Å². The Morgan fingerprint density at radius 2 is 1.82 bits per heavy atom. The molecule has 1 rings (SSSR count). The van der Waals surface area contributed by atoms with E-state index in [1.807, 2.05) is 30.3 Å². The van der Waals surface area contributed by atoms with Crippen LogP contribution in [0.5, 0.6) is 0 Å². The lowest BCUT2D eigenvalue weighted by atomic mass is 10.1. The van der Waals surface area contributed by atoms with Crippen LogP contribution in [0.15, 0.2) is 30.3 Å². The topological polar surface area (TPSA) is 131 Å². The SMILES string of the molecule is C[C@H](N)C(=O)NN(C)C(=O)N[C@@H](Cc1ccccc1)C(N)=O. The molecule has 8 heteroatoms. The molecule has 0 heterocycles. The van der Waals surface area contributed by atoms with Gasteiger partial charge in [0.05, 0.1) is 6.04 Å². The highest BCUT2D eigenvalue weighted by Gasteiger charge is 2.22. The van der Waals surface area contributed by atoms with Crippen molar-refractivity contribution in [2.24, 2.45) is 11.5 Å². The molecule has 120 valence electrons. The molecule has 0 radical (unpaired) electrons. The van der Waals surface area contributed by atoms with Crippen LogP contribution >= 0.6 is 0 Å². The van der Waals surface area contributed by atoms with Crippen molar-refractivity contribution < 1.29 is 14.4 Å². The summed E-state index contributed by atoms with van der Waals surface area (Å²) in [6.07, 6.45) is 0.261. The minimum atomic E-state index is -0.885. The molecule has 0 saturated carbocycles. The van der Waals surface area contributed by atoms with Gasteiger partial charge in [0.15, 0.2) is 0 Å². The van der Waals surface area contributed by atoms with Crippen LogP contribution in [0.2, 0.25) is 0 Å². The van der Waals surface area contributed by atoms with Crippen molar-refractivity contribution in [2.45, 2.75) is 25.4 Å². The number of rotatable bonds is 5. The molecule has 0 aromatic heterocycles. The number of carbonyl (C=O) groups excluding carboxylic acids is 3. The Labute approximate surface area is 128 Å². The fourth-order valence-electron chi connectivity index (χ4n) is 1.64. The Balaban J connectivity index is 2.64. The maximum atomic E-state index is 12.0. The van der Waals surface area contributed by atoms with Gasteiger partial charge in [-0.05, 0) is 12.5 Å². The predicted molar refractivity (Wildman–Crippen MR) is 81.2 cm³/mol. The molecule has 0 fully saturated rings. The fourth-order valence-corrected chi connectivity index (χ4v) is 1.64.